The molecule has 0 fully saturated rings. The van der Waals surface area contributed by atoms with Crippen LogP contribution in [0.5, 0.6) is 0 Å². The van der Waals surface area contributed by atoms with Crippen LogP contribution in [0.1, 0.15) is 26.3 Å². The van der Waals surface area contributed by atoms with Gasteiger partial charge in [-0.15, -0.1) is 0 Å². The van der Waals surface area contributed by atoms with E-state index >= 15 is 0 Å². The summed E-state index contributed by atoms with van der Waals surface area (Å²) in [5.41, 5.74) is -3.61. The summed E-state index contributed by atoms with van der Waals surface area (Å²) in [5, 5.41) is 4.72. The first-order valence-electron chi connectivity index (χ1n) is 8.86. The van der Waals surface area contributed by atoms with Crippen LogP contribution >= 0.6 is 11.8 Å². The molecule has 0 radical (unpaired) electrons. The average molecular weight is 449 g/mol. The summed E-state index contributed by atoms with van der Waals surface area (Å²) in [7, 11) is 0. The van der Waals surface area contributed by atoms with Crippen molar-refractivity contribution in [3.63, 3.8) is 0 Å². The van der Waals surface area contributed by atoms with E-state index in [1.807, 2.05) is 0 Å². The molecule has 0 saturated carbocycles. The molecule has 2 amide bonds. The summed E-state index contributed by atoms with van der Waals surface area (Å²) < 4.78 is 51.3. The van der Waals surface area contributed by atoms with Crippen LogP contribution in [0.25, 0.3) is 0 Å². The number of nitrogens with zero attached hydrogens (tertiary/aromatic N) is 1. The number of hydrogen-bond donors (Lipinski definition) is 2. The summed E-state index contributed by atoms with van der Waals surface area (Å²) in [6, 6.07) is 14.3. The maximum atomic E-state index is 13.3. The van der Waals surface area contributed by atoms with E-state index in [2.05, 4.69) is 15.6 Å². The predicted octanol–water partition coefficient (Wildman–Crippen LogP) is 5.01. The van der Waals surface area contributed by atoms with Gasteiger partial charge in [0.15, 0.2) is 0 Å². The summed E-state index contributed by atoms with van der Waals surface area (Å²) in [4.78, 5) is 28.2. The minimum absolute atomic E-state index is 0.00747. The standard InChI is InChI=1S/C21H15F4N3O2S/c22-15-6-2-5-14(11-15)18(29)28-16-7-1-4-13(10-16)12-27-19(30)17-8-3-9-26-20(17)31-21(23,24)25/h1-11H,12H2,(H,27,30)(H,28,29). The third kappa shape index (κ3) is 6.54. The first-order valence-corrected chi connectivity index (χ1v) is 9.68. The second kappa shape index (κ2) is 9.61. The molecular weight excluding hydrogens is 434 g/mol. The van der Waals surface area contributed by atoms with Gasteiger partial charge < -0.3 is 10.6 Å². The molecule has 3 rings (SSSR count). The first-order chi connectivity index (χ1) is 14.7. The number of nitrogens with one attached hydrogen (secondary N) is 2. The Morgan fingerprint density at radius 1 is 0.968 bits per heavy atom. The molecule has 0 unspecified atom stereocenters. The van der Waals surface area contributed by atoms with Gasteiger partial charge in [0.2, 0.25) is 0 Å². The Bertz CT molecular complexity index is 1110. The highest BCUT2D eigenvalue weighted by atomic mass is 32.2. The van der Waals surface area contributed by atoms with Crippen molar-refractivity contribution in [2.24, 2.45) is 0 Å². The average Bonchev–Trinajstić information content (AvgIpc) is 2.71. The van der Waals surface area contributed by atoms with Crippen LogP contribution in [0, 0.1) is 5.82 Å². The number of pyridine rings is 1. The Labute approximate surface area is 178 Å². The van der Waals surface area contributed by atoms with Crippen molar-refractivity contribution in [2.75, 3.05) is 5.32 Å². The van der Waals surface area contributed by atoms with Gasteiger partial charge in [-0.2, -0.15) is 13.2 Å². The third-order valence-electron chi connectivity index (χ3n) is 3.95. The highest BCUT2D eigenvalue weighted by Crippen LogP contribution is 2.37. The second-order valence-electron chi connectivity index (χ2n) is 6.25. The largest absolute Gasteiger partial charge is 0.447 e. The molecule has 2 N–H and O–H groups in total. The van der Waals surface area contributed by atoms with Crippen molar-refractivity contribution >= 4 is 29.3 Å². The van der Waals surface area contributed by atoms with Crippen LogP contribution < -0.4 is 10.6 Å². The lowest BCUT2D eigenvalue weighted by Crippen LogP contribution is -2.24. The summed E-state index contributed by atoms with van der Waals surface area (Å²) in [6.45, 7) is 0.00747. The molecule has 31 heavy (non-hydrogen) atoms. The Kier molecular flexibility index (Phi) is 6.91. The molecule has 160 valence electrons. The molecule has 0 aliphatic rings. The van der Waals surface area contributed by atoms with Crippen molar-refractivity contribution in [2.45, 2.75) is 17.1 Å². The number of aromatic nitrogens is 1. The fourth-order valence-corrected chi connectivity index (χ4v) is 3.23. The van der Waals surface area contributed by atoms with E-state index in [1.165, 1.54) is 36.5 Å². The predicted molar refractivity (Wildman–Crippen MR) is 108 cm³/mol. The minimum atomic E-state index is -4.57. The molecule has 1 heterocycles. The number of thioether (sulfide) groups is 1. The van der Waals surface area contributed by atoms with Gasteiger partial charge in [-0.25, -0.2) is 9.37 Å². The quantitative estimate of drug-likeness (QED) is 0.410. The lowest BCUT2D eigenvalue weighted by atomic mass is 10.1. The number of benzene rings is 2. The topological polar surface area (TPSA) is 71.1 Å². The zero-order valence-electron chi connectivity index (χ0n) is 15.7. The lowest BCUT2D eigenvalue weighted by Gasteiger charge is -2.11. The number of hydrogen-bond acceptors (Lipinski definition) is 4. The van der Waals surface area contributed by atoms with Crippen LogP contribution in [0.3, 0.4) is 0 Å². The summed E-state index contributed by atoms with van der Waals surface area (Å²) in [6.07, 6.45) is 1.18. The maximum Gasteiger partial charge on any atom is 0.447 e. The van der Waals surface area contributed by atoms with Gasteiger partial charge in [-0.05, 0) is 48.0 Å². The van der Waals surface area contributed by atoms with Crippen LogP contribution in [-0.4, -0.2) is 22.3 Å². The monoisotopic (exact) mass is 449 g/mol. The number of carbonyl (C=O) groups is 2. The van der Waals surface area contributed by atoms with E-state index in [0.29, 0.717) is 11.3 Å². The Hall–Kier alpha value is -3.40. The summed E-state index contributed by atoms with van der Waals surface area (Å²) in [5.74, 6) is -1.76. The molecule has 2 aromatic carbocycles. The number of amides is 2. The normalized spacial score (nSPS) is 11.1. The van der Waals surface area contributed by atoms with Gasteiger partial charge in [0.1, 0.15) is 10.8 Å². The van der Waals surface area contributed by atoms with E-state index in [9.17, 15) is 27.2 Å². The number of anilines is 1. The molecule has 3 aromatic rings. The van der Waals surface area contributed by atoms with Gasteiger partial charge in [0.05, 0.1) is 5.56 Å². The summed E-state index contributed by atoms with van der Waals surface area (Å²) >= 11 is -0.461. The Morgan fingerprint density at radius 2 is 1.74 bits per heavy atom. The smallest absolute Gasteiger partial charge is 0.348 e. The zero-order chi connectivity index (χ0) is 22.4. The van der Waals surface area contributed by atoms with E-state index in [0.717, 1.165) is 6.07 Å². The lowest BCUT2D eigenvalue weighted by molar-refractivity contribution is -0.0329. The molecule has 10 heteroatoms. The molecule has 0 aliphatic carbocycles. The maximum absolute atomic E-state index is 13.3. The van der Waals surface area contributed by atoms with E-state index in [1.54, 1.807) is 24.3 Å². The van der Waals surface area contributed by atoms with Gasteiger partial charge in [0.25, 0.3) is 11.8 Å². The van der Waals surface area contributed by atoms with Crippen LogP contribution in [0.15, 0.2) is 71.9 Å². The molecule has 1 aromatic heterocycles. The van der Waals surface area contributed by atoms with Crippen LogP contribution in [0.4, 0.5) is 23.2 Å². The third-order valence-corrected chi connectivity index (χ3v) is 4.70. The molecule has 0 saturated heterocycles. The van der Waals surface area contributed by atoms with Gasteiger partial charge >= 0.3 is 5.51 Å². The van der Waals surface area contributed by atoms with Crippen LogP contribution in [-0.2, 0) is 6.54 Å². The second-order valence-corrected chi connectivity index (χ2v) is 7.31. The molecular formula is C21H15F4N3O2S. The molecule has 0 spiro atoms. The molecule has 0 bridgehead atoms. The highest BCUT2D eigenvalue weighted by Gasteiger charge is 2.32. The van der Waals surface area contributed by atoms with Crippen molar-refractivity contribution in [3.8, 4) is 0 Å². The highest BCUT2D eigenvalue weighted by molar-refractivity contribution is 8.00. The zero-order valence-corrected chi connectivity index (χ0v) is 16.6. The fraction of sp³-hybridized carbons (Fsp3) is 0.0952. The van der Waals surface area contributed by atoms with Crippen LogP contribution in [0.2, 0.25) is 0 Å². The molecule has 5 nitrogen and oxygen atoms in total. The fourth-order valence-electron chi connectivity index (χ4n) is 2.62. The number of halogens is 4. The van der Waals surface area contributed by atoms with Crippen molar-refractivity contribution in [1.29, 1.82) is 0 Å². The van der Waals surface area contributed by atoms with Gasteiger partial charge in [0, 0.05) is 35.8 Å². The number of rotatable bonds is 6. The minimum Gasteiger partial charge on any atom is -0.348 e. The van der Waals surface area contributed by atoms with E-state index in [-0.39, 0.29) is 17.7 Å². The molecule has 0 atom stereocenters. The Morgan fingerprint density at radius 3 is 2.48 bits per heavy atom. The molecule has 0 aliphatic heterocycles. The van der Waals surface area contributed by atoms with E-state index < -0.39 is 39.9 Å². The van der Waals surface area contributed by atoms with Crippen molar-refractivity contribution in [3.05, 3.63) is 89.4 Å². The van der Waals surface area contributed by atoms with Crippen molar-refractivity contribution in [1.82, 2.24) is 10.3 Å². The SMILES string of the molecule is O=C(Nc1cccc(CNC(=O)c2cccnc2SC(F)(F)F)c1)c1cccc(F)c1. The number of alkyl halides is 3. The van der Waals surface area contributed by atoms with E-state index in [4.69, 9.17) is 0 Å². The Balaban J connectivity index is 1.66. The van der Waals surface area contributed by atoms with Crippen molar-refractivity contribution < 1.29 is 27.2 Å². The first kappa shape index (κ1) is 22.3. The number of carbonyl (C=O) groups excluding carboxylic acids is 2. The van der Waals surface area contributed by atoms with Gasteiger partial charge in [-0.3, -0.25) is 9.59 Å². The van der Waals surface area contributed by atoms with Gasteiger partial charge in [-0.1, -0.05) is 18.2 Å².